The summed E-state index contributed by atoms with van der Waals surface area (Å²) in [5.74, 6) is 0.717. The van der Waals surface area contributed by atoms with Crippen LogP contribution in [0.3, 0.4) is 0 Å². The van der Waals surface area contributed by atoms with Crippen LogP contribution < -0.4 is 0 Å². The summed E-state index contributed by atoms with van der Waals surface area (Å²) in [6, 6.07) is 4.29. The smallest absolute Gasteiger partial charge is 0.348 e. The Kier molecular flexibility index (Phi) is 6.34. The molecule has 3 rings (SSSR count). The first-order chi connectivity index (χ1) is 11.7. The summed E-state index contributed by atoms with van der Waals surface area (Å²) in [4.78, 5) is 14.6. The summed E-state index contributed by atoms with van der Waals surface area (Å²) < 4.78 is 7.02. The monoisotopic (exact) mass is 364 g/mol. The molecule has 0 aliphatic heterocycles. The van der Waals surface area contributed by atoms with Crippen molar-refractivity contribution in [1.29, 1.82) is 0 Å². The zero-order valence-electron chi connectivity index (χ0n) is 14.8. The van der Waals surface area contributed by atoms with Crippen molar-refractivity contribution in [2.75, 3.05) is 0 Å². The largest absolute Gasteiger partial charge is 0.458 e. The van der Waals surface area contributed by atoms with E-state index < -0.39 is 0 Å². The highest BCUT2D eigenvalue weighted by molar-refractivity contribution is 7.39. The van der Waals surface area contributed by atoms with Crippen LogP contribution >= 0.6 is 22.7 Å². The Bertz CT molecular complexity index is 631. The standard InChI is InChI=1S/C20H28O2S2/c1-3-5-6-7-17-12-15-13-18(24-20(15)23-17)19(21)22-16-10-8-14(4-2)9-11-16/h12-14,16H,3-11H2,1-2H3. The van der Waals surface area contributed by atoms with Crippen molar-refractivity contribution in [2.24, 2.45) is 5.92 Å². The van der Waals surface area contributed by atoms with E-state index in [0.29, 0.717) is 0 Å². The summed E-state index contributed by atoms with van der Waals surface area (Å²) in [5.41, 5.74) is 0. The second-order valence-electron chi connectivity index (χ2n) is 6.98. The number of esters is 1. The maximum Gasteiger partial charge on any atom is 0.348 e. The highest BCUT2D eigenvalue weighted by atomic mass is 32.2. The SMILES string of the molecule is CCCCCc1cc2cc(C(=O)OC3CCC(CC)CC3)sc2s1. The van der Waals surface area contributed by atoms with Crippen molar-refractivity contribution < 1.29 is 9.53 Å². The molecule has 0 N–H and O–H groups in total. The van der Waals surface area contributed by atoms with Gasteiger partial charge in [0.05, 0.1) is 4.01 Å². The predicted molar refractivity (Wildman–Crippen MR) is 104 cm³/mol. The minimum absolute atomic E-state index is 0.115. The van der Waals surface area contributed by atoms with Crippen LogP contribution in [-0.2, 0) is 11.2 Å². The van der Waals surface area contributed by atoms with E-state index in [1.807, 2.05) is 17.4 Å². The van der Waals surface area contributed by atoms with Crippen molar-refractivity contribution in [3.05, 3.63) is 21.9 Å². The average Bonchev–Trinajstić information content (AvgIpc) is 3.14. The van der Waals surface area contributed by atoms with E-state index in [1.54, 1.807) is 11.3 Å². The van der Waals surface area contributed by atoms with Gasteiger partial charge in [-0.1, -0.05) is 33.1 Å². The molecule has 24 heavy (non-hydrogen) atoms. The van der Waals surface area contributed by atoms with E-state index in [-0.39, 0.29) is 12.1 Å². The molecular formula is C20H28O2S2. The fourth-order valence-electron chi connectivity index (χ4n) is 3.53. The molecular weight excluding hydrogens is 336 g/mol. The topological polar surface area (TPSA) is 26.3 Å². The fraction of sp³-hybridized carbons (Fsp3) is 0.650. The highest BCUT2D eigenvalue weighted by Gasteiger charge is 2.24. The lowest BCUT2D eigenvalue weighted by Gasteiger charge is -2.27. The van der Waals surface area contributed by atoms with Crippen LogP contribution in [0.25, 0.3) is 9.40 Å². The van der Waals surface area contributed by atoms with Crippen LogP contribution in [0.5, 0.6) is 0 Å². The lowest BCUT2D eigenvalue weighted by atomic mass is 9.86. The Morgan fingerprint density at radius 3 is 2.58 bits per heavy atom. The van der Waals surface area contributed by atoms with Gasteiger partial charge in [0.25, 0.3) is 0 Å². The third kappa shape index (κ3) is 4.40. The maximum absolute atomic E-state index is 12.4. The first-order valence-corrected chi connectivity index (χ1v) is 11.1. The van der Waals surface area contributed by atoms with Gasteiger partial charge in [-0.3, -0.25) is 0 Å². The molecule has 1 aliphatic carbocycles. The highest BCUT2D eigenvalue weighted by Crippen LogP contribution is 2.35. The minimum Gasteiger partial charge on any atom is -0.458 e. The Morgan fingerprint density at radius 1 is 1.12 bits per heavy atom. The molecule has 0 atom stereocenters. The van der Waals surface area contributed by atoms with Crippen LogP contribution in [0.2, 0.25) is 0 Å². The molecule has 2 aromatic rings. The third-order valence-electron chi connectivity index (χ3n) is 5.14. The molecule has 2 aromatic heterocycles. The van der Waals surface area contributed by atoms with Crippen LogP contribution in [0.1, 0.15) is 79.8 Å². The Labute approximate surface area is 153 Å². The van der Waals surface area contributed by atoms with E-state index in [9.17, 15) is 4.79 Å². The number of hydrogen-bond donors (Lipinski definition) is 0. The summed E-state index contributed by atoms with van der Waals surface area (Å²) in [5, 5.41) is 1.22. The first kappa shape index (κ1) is 17.9. The number of rotatable bonds is 7. The van der Waals surface area contributed by atoms with Crippen LogP contribution in [-0.4, -0.2) is 12.1 Å². The summed E-state index contributed by atoms with van der Waals surface area (Å²) in [6.07, 6.45) is 10.8. The van der Waals surface area contributed by atoms with Gasteiger partial charge in [0, 0.05) is 10.3 Å². The Balaban J connectivity index is 1.56. The molecule has 0 amide bonds. The second-order valence-corrected chi connectivity index (χ2v) is 9.43. The molecule has 1 saturated carbocycles. The lowest BCUT2D eigenvalue weighted by molar-refractivity contribution is 0.0170. The van der Waals surface area contributed by atoms with Gasteiger partial charge in [-0.15, -0.1) is 22.7 Å². The summed E-state index contributed by atoms with van der Waals surface area (Å²) in [6.45, 7) is 4.49. The third-order valence-corrected chi connectivity index (χ3v) is 7.57. The lowest BCUT2D eigenvalue weighted by Crippen LogP contribution is -2.24. The van der Waals surface area contributed by atoms with Gasteiger partial charge in [-0.2, -0.15) is 0 Å². The van der Waals surface area contributed by atoms with E-state index in [0.717, 1.165) is 23.6 Å². The van der Waals surface area contributed by atoms with Gasteiger partial charge in [0.1, 0.15) is 11.0 Å². The number of thiophene rings is 2. The quantitative estimate of drug-likeness (QED) is 0.398. The molecule has 1 fully saturated rings. The first-order valence-electron chi connectivity index (χ1n) is 9.42. The number of fused-ring (bicyclic) bond motifs is 1. The van der Waals surface area contributed by atoms with E-state index >= 15 is 0 Å². The summed E-state index contributed by atoms with van der Waals surface area (Å²) >= 11 is 3.45. The molecule has 2 heterocycles. The second kappa shape index (κ2) is 8.48. The Morgan fingerprint density at radius 2 is 1.92 bits per heavy atom. The van der Waals surface area contributed by atoms with Crippen molar-refractivity contribution in [1.82, 2.24) is 0 Å². The van der Waals surface area contributed by atoms with Crippen molar-refractivity contribution in [3.63, 3.8) is 0 Å². The number of hydrogen-bond acceptors (Lipinski definition) is 4. The Hall–Kier alpha value is -0.870. The van der Waals surface area contributed by atoms with E-state index in [4.69, 9.17) is 4.74 Å². The molecule has 0 aromatic carbocycles. The maximum atomic E-state index is 12.4. The molecule has 1 aliphatic rings. The van der Waals surface area contributed by atoms with Crippen molar-refractivity contribution in [2.45, 2.75) is 77.7 Å². The van der Waals surface area contributed by atoms with Crippen LogP contribution in [0.4, 0.5) is 0 Å². The van der Waals surface area contributed by atoms with E-state index in [2.05, 4.69) is 19.9 Å². The normalized spacial score (nSPS) is 21.2. The molecule has 0 radical (unpaired) electrons. The molecule has 0 spiro atoms. The molecule has 132 valence electrons. The summed E-state index contributed by atoms with van der Waals surface area (Å²) in [7, 11) is 0. The van der Waals surface area contributed by atoms with Gasteiger partial charge in [-0.05, 0) is 56.6 Å². The molecule has 0 unspecified atom stereocenters. The average molecular weight is 365 g/mol. The van der Waals surface area contributed by atoms with E-state index in [1.165, 1.54) is 59.2 Å². The number of unbranched alkanes of at least 4 members (excludes halogenated alkanes) is 2. The van der Waals surface area contributed by atoms with Crippen LogP contribution in [0, 0.1) is 5.92 Å². The number of ether oxygens (including phenoxy) is 1. The minimum atomic E-state index is -0.115. The molecule has 4 heteroatoms. The molecule has 0 saturated heterocycles. The molecule has 0 bridgehead atoms. The fourth-order valence-corrected chi connectivity index (χ4v) is 5.95. The van der Waals surface area contributed by atoms with Crippen molar-refractivity contribution in [3.8, 4) is 0 Å². The van der Waals surface area contributed by atoms with Gasteiger partial charge < -0.3 is 4.74 Å². The van der Waals surface area contributed by atoms with Crippen molar-refractivity contribution >= 4 is 38.0 Å². The predicted octanol–water partition coefficient (Wildman–Crippen LogP) is 6.82. The zero-order valence-corrected chi connectivity index (χ0v) is 16.4. The number of carbonyl (C=O) groups is 1. The molecule has 2 nitrogen and oxygen atoms in total. The number of carbonyl (C=O) groups excluding carboxylic acids is 1. The van der Waals surface area contributed by atoms with Crippen LogP contribution in [0.15, 0.2) is 12.1 Å². The van der Waals surface area contributed by atoms with Gasteiger partial charge in [-0.25, -0.2) is 4.79 Å². The van der Waals surface area contributed by atoms with Gasteiger partial charge >= 0.3 is 5.97 Å². The number of aryl methyl sites for hydroxylation is 1. The van der Waals surface area contributed by atoms with Gasteiger partial charge in [0.15, 0.2) is 0 Å². The van der Waals surface area contributed by atoms with Gasteiger partial charge in [0.2, 0.25) is 0 Å². The zero-order chi connectivity index (χ0) is 16.9.